The molecule has 4 rings (SSSR count). The number of rotatable bonds is 7. The minimum Gasteiger partial charge on any atom is -0.495 e. The number of carbonyl (C=O) groups is 1. The molecule has 0 saturated heterocycles. The number of amides is 1. The standard InChI is InChI=1S/C23H25N7O2/c1-14(2)30-12-17(16-6-8-25-11-20(16)30)18-7-9-26-23(28-18)29-19-10-15(22(31)27-13-24)4-5-21(19)32-3/h4-12,14H,13,24H2,1-3H3,(H,27,31)(H,26,28,29). The first-order valence-electron chi connectivity index (χ1n) is 10.2. The van der Waals surface area contributed by atoms with Gasteiger partial charge in [-0.3, -0.25) is 9.78 Å². The van der Waals surface area contributed by atoms with E-state index < -0.39 is 0 Å². The van der Waals surface area contributed by atoms with Crippen LogP contribution < -0.4 is 21.1 Å². The van der Waals surface area contributed by atoms with E-state index in [1.807, 2.05) is 18.3 Å². The predicted molar refractivity (Wildman–Crippen MR) is 124 cm³/mol. The number of nitrogens with two attached hydrogens (primary N) is 1. The fourth-order valence-electron chi connectivity index (χ4n) is 3.56. The quantitative estimate of drug-likeness (QED) is 0.383. The third-order valence-corrected chi connectivity index (χ3v) is 5.10. The fourth-order valence-corrected chi connectivity index (χ4v) is 3.56. The Morgan fingerprint density at radius 1 is 1.22 bits per heavy atom. The largest absolute Gasteiger partial charge is 0.495 e. The zero-order valence-electron chi connectivity index (χ0n) is 18.2. The van der Waals surface area contributed by atoms with Crippen LogP contribution in [-0.2, 0) is 0 Å². The van der Waals surface area contributed by atoms with Gasteiger partial charge in [-0.25, -0.2) is 9.97 Å². The molecule has 4 aromatic rings. The molecule has 0 radical (unpaired) electrons. The molecule has 0 saturated carbocycles. The molecule has 1 aromatic carbocycles. The summed E-state index contributed by atoms with van der Waals surface area (Å²) in [5.74, 6) is 0.672. The number of benzene rings is 1. The maximum absolute atomic E-state index is 12.2. The van der Waals surface area contributed by atoms with Crippen LogP contribution in [0.2, 0.25) is 0 Å². The predicted octanol–water partition coefficient (Wildman–Crippen LogP) is 3.47. The molecule has 32 heavy (non-hydrogen) atoms. The summed E-state index contributed by atoms with van der Waals surface area (Å²) < 4.78 is 7.61. The molecular weight excluding hydrogens is 406 g/mol. The second-order valence-corrected chi connectivity index (χ2v) is 7.45. The lowest BCUT2D eigenvalue weighted by molar-refractivity contribution is 0.0955. The molecule has 0 aliphatic heterocycles. The van der Waals surface area contributed by atoms with Crippen molar-refractivity contribution < 1.29 is 9.53 Å². The Morgan fingerprint density at radius 3 is 2.81 bits per heavy atom. The molecule has 9 nitrogen and oxygen atoms in total. The number of hydrogen-bond donors (Lipinski definition) is 3. The van der Waals surface area contributed by atoms with Gasteiger partial charge in [0.2, 0.25) is 5.95 Å². The van der Waals surface area contributed by atoms with Crippen LogP contribution in [0.25, 0.3) is 22.2 Å². The number of carbonyl (C=O) groups excluding carboxylic acids is 1. The van der Waals surface area contributed by atoms with Crippen molar-refractivity contribution in [3.63, 3.8) is 0 Å². The summed E-state index contributed by atoms with van der Waals surface area (Å²) in [4.78, 5) is 25.5. The number of hydrogen-bond acceptors (Lipinski definition) is 7. The van der Waals surface area contributed by atoms with Crippen molar-refractivity contribution in [2.24, 2.45) is 5.73 Å². The van der Waals surface area contributed by atoms with Crippen LogP contribution in [0.5, 0.6) is 5.75 Å². The van der Waals surface area contributed by atoms with Gasteiger partial charge in [-0.15, -0.1) is 0 Å². The minimum absolute atomic E-state index is 0.0539. The van der Waals surface area contributed by atoms with E-state index in [1.54, 1.807) is 37.7 Å². The van der Waals surface area contributed by atoms with Gasteiger partial charge in [0, 0.05) is 41.1 Å². The minimum atomic E-state index is -0.275. The highest BCUT2D eigenvalue weighted by molar-refractivity contribution is 5.96. The van der Waals surface area contributed by atoms with Crippen molar-refractivity contribution in [1.29, 1.82) is 0 Å². The Hall–Kier alpha value is -3.98. The maximum Gasteiger partial charge on any atom is 0.252 e. The van der Waals surface area contributed by atoms with Crippen molar-refractivity contribution in [3.8, 4) is 17.0 Å². The summed E-state index contributed by atoms with van der Waals surface area (Å²) in [5.41, 5.74) is 9.25. The van der Waals surface area contributed by atoms with Gasteiger partial charge in [-0.05, 0) is 44.2 Å². The second kappa shape index (κ2) is 9.03. The van der Waals surface area contributed by atoms with E-state index in [-0.39, 0.29) is 18.6 Å². The van der Waals surface area contributed by atoms with E-state index in [9.17, 15) is 4.79 Å². The molecule has 0 spiro atoms. The van der Waals surface area contributed by atoms with Gasteiger partial charge in [0.1, 0.15) is 5.75 Å². The lowest BCUT2D eigenvalue weighted by atomic mass is 10.1. The number of ether oxygens (including phenoxy) is 1. The zero-order chi connectivity index (χ0) is 22.7. The summed E-state index contributed by atoms with van der Waals surface area (Å²) in [5, 5.41) is 6.82. The highest BCUT2D eigenvalue weighted by Gasteiger charge is 2.15. The molecule has 164 valence electrons. The Kier molecular flexibility index (Phi) is 6.00. The Bertz CT molecular complexity index is 1270. The maximum atomic E-state index is 12.2. The number of nitrogens with one attached hydrogen (secondary N) is 2. The molecule has 0 aliphatic rings. The van der Waals surface area contributed by atoms with E-state index in [0.29, 0.717) is 22.9 Å². The first-order chi connectivity index (χ1) is 15.5. The van der Waals surface area contributed by atoms with Crippen LogP contribution >= 0.6 is 0 Å². The monoisotopic (exact) mass is 431 g/mol. The number of nitrogens with zero attached hydrogens (tertiary/aromatic N) is 4. The number of fused-ring (bicyclic) bond motifs is 1. The topological polar surface area (TPSA) is 120 Å². The average Bonchev–Trinajstić information content (AvgIpc) is 3.19. The van der Waals surface area contributed by atoms with E-state index in [4.69, 9.17) is 15.5 Å². The Balaban J connectivity index is 1.72. The van der Waals surface area contributed by atoms with Crippen LogP contribution in [0.4, 0.5) is 11.6 Å². The number of aromatic nitrogens is 4. The number of pyridine rings is 1. The number of anilines is 2. The van der Waals surface area contributed by atoms with Crippen molar-refractivity contribution in [3.05, 3.63) is 60.7 Å². The third-order valence-electron chi connectivity index (χ3n) is 5.10. The normalized spacial score (nSPS) is 11.0. The van der Waals surface area contributed by atoms with Crippen LogP contribution in [0.15, 0.2) is 55.1 Å². The molecule has 0 bridgehead atoms. The van der Waals surface area contributed by atoms with Crippen molar-refractivity contribution >= 4 is 28.4 Å². The Morgan fingerprint density at radius 2 is 2.06 bits per heavy atom. The van der Waals surface area contributed by atoms with Crippen LogP contribution in [0.3, 0.4) is 0 Å². The van der Waals surface area contributed by atoms with E-state index in [0.717, 1.165) is 22.2 Å². The van der Waals surface area contributed by atoms with E-state index >= 15 is 0 Å². The van der Waals surface area contributed by atoms with E-state index in [2.05, 4.69) is 45.2 Å². The van der Waals surface area contributed by atoms with Gasteiger partial charge >= 0.3 is 0 Å². The summed E-state index contributed by atoms with van der Waals surface area (Å²) in [6.07, 6.45) is 7.42. The summed E-state index contributed by atoms with van der Waals surface area (Å²) in [6.45, 7) is 4.31. The SMILES string of the molecule is COc1ccc(C(=O)NCN)cc1Nc1nccc(-c2cn(C(C)C)c3cnccc23)n1. The summed E-state index contributed by atoms with van der Waals surface area (Å²) >= 11 is 0. The molecule has 0 atom stereocenters. The van der Waals surface area contributed by atoms with Crippen LogP contribution in [0.1, 0.15) is 30.2 Å². The molecule has 3 heterocycles. The van der Waals surface area contributed by atoms with Gasteiger partial charge in [0.05, 0.1) is 36.9 Å². The van der Waals surface area contributed by atoms with Crippen molar-refractivity contribution in [2.75, 3.05) is 19.1 Å². The molecule has 0 unspecified atom stereocenters. The number of methoxy groups -OCH3 is 1. The lowest BCUT2D eigenvalue weighted by Gasteiger charge is -2.12. The van der Waals surface area contributed by atoms with Crippen LogP contribution in [0, 0.1) is 0 Å². The van der Waals surface area contributed by atoms with Gasteiger partial charge in [0.25, 0.3) is 5.91 Å². The molecular formula is C23H25N7O2. The summed E-state index contributed by atoms with van der Waals surface area (Å²) in [6, 6.07) is 9.19. The van der Waals surface area contributed by atoms with Crippen LogP contribution in [-0.4, -0.2) is 39.2 Å². The smallest absolute Gasteiger partial charge is 0.252 e. The first-order valence-corrected chi connectivity index (χ1v) is 10.2. The molecule has 1 amide bonds. The summed E-state index contributed by atoms with van der Waals surface area (Å²) in [7, 11) is 1.56. The van der Waals surface area contributed by atoms with E-state index in [1.165, 1.54) is 0 Å². The van der Waals surface area contributed by atoms with Gasteiger partial charge < -0.3 is 25.7 Å². The van der Waals surface area contributed by atoms with Gasteiger partial charge in [-0.2, -0.15) is 0 Å². The molecule has 4 N–H and O–H groups in total. The van der Waals surface area contributed by atoms with Crippen molar-refractivity contribution in [2.45, 2.75) is 19.9 Å². The molecule has 0 aliphatic carbocycles. The molecule has 9 heteroatoms. The zero-order valence-corrected chi connectivity index (χ0v) is 18.2. The highest BCUT2D eigenvalue weighted by atomic mass is 16.5. The second-order valence-electron chi connectivity index (χ2n) is 7.45. The van der Waals surface area contributed by atoms with Crippen molar-refractivity contribution in [1.82, 2.24) is 24.8 Å². The first kappa shape index (κ1) is 21.3. The Labute approximate surface area is 185 Å². The van der Waals surface area contributed by atoms with Gasteiger partial charge in [-0.1, -0.05) is 0 Å². The lowest BCUT2D eigenvalue weighted by Crippen LogP contribution is -2.29. The third kappa shape index (κ3) is 4.10. The highest BCUT2D eigenvalue weighted by Crippen LogP contribution is 2.32. The average molecular weight is 432 g/mol. The fraction of sp³-hybridized carbons (Fsp3) is 0.217. The molecule has 3 aromatic heterocycles. The molecule has 0 fully saturated rings. The van der Waals surface area contributed by atoms with Gasteiger partial charge in [0.15, 0.2) is 0 Å².